The molecule has 0 fully saturated rings. The first-order valence-corrected chi connectivity index (χ1v) is 9.18. The Kier molecular flexibility index (Phi) is 7.82. The summed E-state index contributed by atoms with van der Waals surface area (Å²) in [5.74, 6) is -0.743. The highest BCUT2D eigenvalue weighted by Gasteiger charge is 2.18. The monoisotopic (exact) mass is 374 g/mol. The molecule has 0 saturated heterocycles. The van der Waals surface area contributed by atoms with Gasteiger partial charge in [-0.25, -0.2) is 0 Å². The minimum absolute atomic E-state index is 0.0915. The van der Waals surface area contributed by atoms with E-state index in [1.165, 1.54) is 23.3 Å². The molecule has 0 saturated carbocycles. The lowest BCUT2D eigenvalue weighted by Gasteiger charge is -2.21. The van der Waals surface area contributed by atoms with Crippen molar-refractivity contribution in [2.24, 2.45) is 0 Å². The van der Waals surface area contributed by atoms with Crippen LogP contribution in [-0.4, -0.2) is 42.9 Å². The van der Waals surface area contributed by atoms with E-state index in [-0.39, 0.29) is 24.8 Å². The number of carbonyl (C=O) groups excluding carboxylic acids is 3. The van der Waals surface area contributed by atoms with Crippen molar-refractivity contribution in [2.75, 3.05) is 20.2 Å². The highest BCUT2D eigenvalue weighted by atomic mass is 32.1. The maximum atomic E-state index is 12.5. The van der Waals surface area contributed by atoms with Crippen molar-refractivity contribution in [1.29, 1.82) is 0 Å². The van der Waals surface area contributed by atoms with Gasteiger partial charge in [0.25, 0.3) is 5.91 Å². The molecule has 1 heterocycles. The summed E-state index contributed by atoms with van der Waals surface area (Å²) in [7, 11) is 1.30. The molecule has 7 heteroatoms. The Morgan fingerprint density at radius 2 is 1.88 bits per heavy atom. The fourth-order valence-corrected chi connectivity index (χ4v) is 2.99. The first kappa shape index (κ1) is 19.7. The number of nitrogens with zero attached hydrogens (tertiary/aromatic N) is 1. The molecule has 0 aliphatic carbocycles. The van der Waals surface area contributed by atoms with Crippen molar-refractivity contribution in [2.45, 2.75) is 19.4 Å². The number of methoxy groups -OCH3 is 1. The van der Waals surface area contributed by atoms with Crippen LogP contribution in [0.2, 0.25) is 0 Å². The quantitative estimate of drug-likeness (QED) is 0.540. The second-order valence-corrected chi connectivity index (χ2v) is 6.60. The Morgan fingerprint density at radius 3 is 2.54 bits per heavy atom. The fourth-order valence-electron chi connectivity index (χ4n) is 2.35. The molecule has 2 rings (SSSR count). The zero-order valence-corrected chi connectivity index (χ0v) is 15.5. The van der Waals surface area contributed by atoms with Crippen LogP contribution in [0, 0.1) is 0 Å². The number of rotatable bonds is 9. The van der Waals surface area contributed by atoms with Crippen LogP contribution in [0.5, 0.6) is 0 Å². The van der Waals surface area contributed by atoms with Gasteiger partial charge in [0.2, 0.25) is 5.91 Å². The van der Waals surface area contributed by atoms with Crippen molar-refractivity contribution in [3.8, 4) is 0 Å². The number of ether oxygens (including phenoxy) is 1. The Morgan fingerprint density at radius 1 is 1.12 bits per heavy atom. The molecule has 26 heavy (non-hydrogen) atoms. The van der Waals surface area contributed by atoms with Crippen molar-refractivity contribution < 1.29 is 19.1 Å². The maximum Gasteiger partial charge on any atom is 0.325 e. The van der Waals surface area contributed by atoms with Gasteiger partial charge in [0.05, 0.1) is 12.0 Å². The van der Waals surface area contributed by atoms with Crippen LogP contribution in [0.15, 0.2) is 47.8 Å². The van der Waals surface area contributed by atoms with E-state index in [2.05, 4.69) is 10.1 Å². The number of esters is 1. The van der Waals surface area contributed by atoms with Crippen LogP contribution in [0.25, 0.3) is 0 Å². The molecule has 0 aliphatic heterocycles. The maximum absolute atomic E-state index is 12.5. The summed E-state index contributed by atoms with van der Waals surface area (Å²) < 4.78 is 4.68. The second-order valence-electron chi connectivity index (χ2n) is 5.65. The lowest BCUT2D eigenvalue weighted by atomic mass is 10.2. The van der Waals surface area contributed by atoms with Gasteiger partial charge in [-0.05, 0) is 23.4 Å². The second kappa shape index (κ2) is 10.4. The van der Waals surface area contributed by atoms with Crippen molar-refractivity contribution in [3.63, 3.8) is 0 Å². The zero-order chi connectivity index (χ0) is 18.8. The molecule has 6 nitrogen and oxygen atoms in total. The number of hydrogen-bond donors (Lipinski definition) is 1. The standard InChI is InChI=1S/C19H22N2O4S/c1-25-18(23)14-21(13-15-7-3-2-4-8-15)17(22)10-5-11-20-19(24)16-9-6-12-26-16/h2-4,6-9,12H,5,10-11,13-14H2,1H3,(H,20,24). The molecule has 1 aromatic heterocycles. The topological polar surface area (TPSA) is 75.7 Å². The van der Waals surface area contributed by atoms with Gasteiger partial charge in [-0.1, -0.05) is 36.4 Å². The number of hydrogen-bond acceptors (Lipinski definition) is 5. The van der Waals surface area contributed by atoms with E-state index >= 15 is 0 Å². The van der Waals surface area contributed by atoms with Gasteiger partial charge in [0.1, 0.15) is 6.54 Å². The Hall–Kier alpha value is -2.67. The first-order chi connectivity index (χ1) is 12.6. The number of amides is 2. The van der Waals surface area contributed by atoms with Crippen molar-refractivity contribution in [1.82, 2.24) is 10.2 Å². The van der Waals surface area contributed by atoms with Gasteiger partial charge in [-0.3, -0.25) is 14.4 Å². The predicted octanol–water partition coefficient (Wildman–Crippen LogP) is 2.46. The van der Waals surface area contributed by atoms with Gasteiger partial charge in [0, 0.05) is 19.5 Å². The molecule has 0 atom stereocenters. The minimum Gasteiger partial charge on any atom is -0.468 e. The highest BCUT2D eigenvalue weighted by Crippen LogP contribution is 2.09. The Bertz CT molecular complexity index is 716. The zero-order valence-electron chi connectivity index (χ0n) is 14.6. The Balaban J connectivity index is 1.83. The van der Waals surface area contributed by atoms with Crippen molar-refractivity contribution in [3.05, 3.63) is 58.3 Å². The smallest absolute Gasteiger partial charge is 0.325 e. The molecule has 0 aliphatic rings. The van der Waals surface area contributed by atoms with E-state index in [0.717, 1.165) is 5.56 Å². The molecule has 1 N–H and O–H groups in total. The normalized spacial score (nSPS) is 10.2. The minimum atomic E-state index is -0.458. The van der Waals surface area contributed by atoms with Crippen LogP contribution < -0.4 is 5.32 Å². The first-order valence-electron chi connectivity index (χ1n) is 8.30. The Labute approximate surface area is 156 Å². The molecule has 2 aromatic rings. The van der Waals surface area contributed by atoms with Crippen molar-refractivity contribution >= 4 is 29.1 Å². The van der Waals surface area contributed by atoms with E-state index in [4.69, 9.17) is 0 Å². The van der Waals surface area contributed by atoms with Crippen LogP contribution in [0.4, 0.5) is 0 Å². The van der Waals surface area contributed by atoms with E-state index in [9.17, 15) is 14.4 Å². The molecular formula is C19H22N2O4S. The number of benzene rings is 1. The third kappa shape index (κ3) is 6.33. The van der Waals surface area contributed by atoms with Crippen LogP contribution in [0.3, 0.4) is 0 Å². The third-order valence-corrected chi connectivity index (χ3v) is 4.58. The molecular weight excluding hydrogens is 352 g/mol. The van der Waals surface area contributed by atoms with Crippen LogP contribution in [0.1, 0.15) is 28.1 Å². The van der Waals surface area contributed by atoms with Crippen LogP contribution in [-0.2, 0) is 20.9 Å². The van der Waals surface area contributed by atoms with Gasteiger partial charge >= 0.3 is 5.97 Å². The van der Waals surface area contributed by atoms with E-state index in [1.54, 1.807) is 6.07 Å². The number of thiophene rings is 1. The summed E-state index contributed by atoms with van der Waals surface area (Å²) in [6, 6.07) is 13.0. The number of nitrogens with one attached hydrogen (secondary N) is 1. The number of carbonyl (C=O) groups is 3. The van der Waals surface area contributed by atoms with Gasteiger partial charge in [-0.15, -0.1) is 11.3 Å². The summed E-state index contributed by atoms with van der Waals surface area (Å²) in [6.07, 6.45) is 0.747. The molecule has 0 unspecified atom stereocenters. The van der Waals surface area contributed by atoms with E-state index in [1.807, 2.05) is 41.8 Å². The van der Waals surface area contributed by atoms with Gasteiger partial charge in [-0.2, -0.15) is 0 Å². The lowest BCUT2D eigenvalue weighted by molar-refractivity contribution is -0.147. The molecule has 2 amide bonds. The largest absolute Gasteiger partial charge is 0.468 e. The molecule has 0 bridgehead atoms. The van der Waals surface area contributed by atoms with E-state index < -0.39 is 5.97 Å². The van der Waals surface area contributed by atoms with E-state index in [0.29, 0.717) is 24.4 Å². The van der Waals surface area contributed by atoms with Gasteiger partial charge in [0.15, 0.2) is 0 Å². The predicted molar refractivity (Wildman–Crippen MR) is 99.8 cm³/mol. The summed E-state index contributed by atoms with van der Waals surface area (Å²) in [5.41, 5.74) is 0.941. The molecule has 0 spiro atoms. The summed E-state index contributed by atoms with van der Waals surface area (Å²) in [4.78, 5) is 38.0. The summed E-state index contributed by atoms with van der Waals surface area (Å²) in [6.45, 7) is 0.655. The van der Waals surface area contributed by atoms with Gasteiger partial charge < -0.3 is 15.0 Å². The molecule has 1 aromatic carbocycles. The summed E-state index contributed by atoms with van der Waals surface area (Å²) >= 11 is 1.37. The molecule has 0 radical (unpaired) electrons. The molecule has 138 valence electrons. The average Bonchev–Trinajstić information content (AvgIpc) is 3.20. The third-order valence-electron chi connectivity index (χ3n) is 3.71. The lowest BCUT2D eigenvalue weighted by Crippen LogP contribution is -2.36. The SMILES string of the molecule is COC(=O)CN(Cc1ccccc1)C(=O)CCCNC(=O)c1cccs1. The average molecular weight is 374 g/mol. The summed E-state index contributed by atoms with van der Waals surface area (Å²) in [5, 5.41) is 4.63. The highest BCUT2D eigenvalue weighted by molar-refractivity contribution is 7.12. The fraction of sp³-hybridized carbons (Fsp3) is 0.316. The van der Waals surface area contributed by atoms with Crippen LogP contribution >= 0.6 is 11.3 Å².